The molecule has 1 aliphatic heterocycles. The molecule has 2 rings (SSSR count). The predicted molar refractivity (Wildman–Crippen MR) is 109 cm³/mol. The van der Waals surface area contributed by atoms with Gasteiger partial charge in [0.05, 0.1) is 6.04 Å². The van der Waals surface area contributed by atoms with Crippen LogP contribution in [0.3, 0.4) is 0 Å². The van der Waals surface area contributed by atoms with E-state index in [-0.39, 0.29) is 6.04 Å². The number of hydrogen-bond donors (Lipinski definition) is 2. The van der Waals surface area contributed by atoms with Crippen molar-refractivity contribution in [2.75, 3.05) is 65.3 Å². The van der Waals surface area contributed by atoms with Crippen LogP contribution in [-0.4, -0.2) is 82.0 Å². The average Bonchev–Trinajstić information content (AvgIpc) is 2.67. The van der Waals surface area contributed by atoms with Gasteiger partial charge in [-0.2, -0.15) is 0 Å². The molecule has 27 heavy (non-hydrogen) atoms. The number of benzene rings is 1. The molecule has 0 aromatic heterocycles. The van der Waals surface area contributed by atoms with Crippen LogP contribution in [0.5, 0.6) is 0 Å². The second-order valence-electron chi connectivity index (χ2n) is 7.31. The predicted octanol–water partition coefficient (Wildman–Crippen LogP) is 0.684. The van der Waals surface area contributed by atoms with Gasteiger partial charge in [-0.3, -0.25) is 14.5 Å². The van der Waals surface area contributed by atoms with Gasteiger partial charge in [0.1, 0.15) is 0 Å². The van der Waals surface area contributed by atoms with E-state index in [1.54, 1.807) is 0 Å². The Hall–Kier alpha value is -2.12. The van der Waals surface area contributed by atoms with E-state index in [0.717, 1.165) is 43.9 Å². The molecule has 1 heterocycles. The standard InChI is InChI=1S/C20H33N5O2/c1-5-10-21-19(26)20(27)22-15-18(25-13-11-24(4)12-14-25)16-6-8-17(9-7-16)23(2)3/h6-9,18H,5,10-15H2,1-4H3,(H,21,26)(H,22,27). The number of nitrogens with one attached hydrogen (secondary N) is 2. The first kappa shape index (κ1) is 21.2. The van der Waals surface area contributed by atoms with Gasteiger partial charge in [-0.15, -0.1) is 0 Å². The molecule has 2 amide bonds. The van der Waals surface area contributed by atoms with Crippen LogP contribution in [0, 0.1) is 0 Å². The smallest absolute Gasteiger partial charge is 0.309 e. The number of amides is 2. The normalized spacial score (nSPS) is 16.6. The van der Waals surface area contributed by atoms with Crippen LogP contribution in [0.2, 0.25) is 0 Å². The van der Waals surface area contributed by atoms with Crippen LogP contribution in [0.25, 0.3) is 0 Å². The molecule has 1 atom stereocenters. The maximum Gasteiger partial charge on any atom is 0.309 e. The first-order valence-corrected chi connectivity index (χ1v) is 9.68. The molecule has 1 saturated heterocycles. The van der Waals surface area contributed by atoms with Crippen molar-refractivity contribution in [3.05, 3.63) is 29.8 Å². The first-order valence-electron chi connectivity index (χ1n) is 9.68. The maximum absolute atomic E-state index is 12.1. The van der Waals surface area contributed by atoms with Crippen molar-refractivity contribution in [3.8, 4) is 0 Å². The van der Waals surface area contributed by atoms with Crippen molar-refractivity contribution in [3.63, 3.8) is 0 Å². The molecule has 7 nitrogen and oxygen atoms in total. The quantitative estimate of drug-likeness (QED) is 0.686. The summed E-state index contributed by atoms with van der Waals surface area (Å²) in [5, 5.41) is 5.44. The minimum Gasteiger partial charge on any atom is -0.378 e. The highest BCUT2D eigenvalue weighted by Gasteiger charge is 2.25. The Morgan fingerprint density at radius 1 is 1.04 bits per heavy atom. The number of anilines is 1. The molecule has 1 aromatic rings. The summed E-state index contributed by atoms with van der Waals surface area (Å²) < 4.78 is 0. The lowest BCUT2D eigenvalue weighted by Gasteiger charge is -2.38. The lowest BCUT2D eigenvalue weighted by molar-refractivity contribution is -0.139. The SMILES string of the molecule is CCCNC(=O)C(=O)NCC(c1ccc(N(C)C)cc1)N1CCN(C)CC1. The molecule has 150 valence electrons. The summed E-state index contributed by atoms with van der Waals surface area (Å²) in [6.07, 6.45) is 0.807. The monoisotopic (exact) mass is 375 g/mol. The zero-order valence-corrected chi connectivity index (χ0v) is 17.0. The van der Waals surface area contributed by atoms with Crippen LogP contribution in [0.4, 0.5) is 5.69 Å². The van der Waals surface area contributed by atoms with E-state index < -0.39 is 11.8 Å². The van der Waals surface area contributed by atoms with E-state index in [2.05, 4.69) is 56.6 Å². The van der Waals surface area contributed by atoms with Crippen LogP contribution in [0.15, 0.2) is 24.3 Å². The zero-order chi connectivity index (χ0) is 19.8. The molecular formula is C20H33N5O2. The maximum atomic E-state index is 12.1. The molecule has 1 aromatic carbocycles. The van der Waals surface area contributed by atoms with Crippen molar-refractivity contribution in [1.82, 2.24) is 20.4 Å². The largest absolute Gasteiger partial charge is 0.378 e. The molecule has 1 unspecified atom stereocenters. The Bertz CT molecular complexity index is 609. The Balaban J connectivity index is 2.07. The fourth-order valence-corrected chi connectivity index (χ4v) is 3.17. The van der Waals surface area contributed by atoms with E-state index >= 15 is 0 Å². The number of carbonyl (C=O) groups excluding carboxylic acids is 2. The van der Waals surface area contributed by atoms with Gasteiger partial charge in [-0.25, -0.2) is 0 Å². The van der Waals surface area contributed by atoms with E-state index in [9.17, 15) is 9.59 Å². The Morgan fingerprint density at radius 3 is 2.19 bits per heavy atom. The number of piperazine rings is 1. The lowest BCUT2D eigenvalue weighted by Crippen LogP contribution is -2.49. The van der Waals surface area contributed by atoms with Crippen LogP contribution < -0.4 is 15.5 Å². The van der Waals surface area contributed by atoms with Crippen molar-refractivity contribution in [2.45, 2.75) is 19.4 Å². The van der Waals surface area contributed by atoms with Crippen LogP contribution >= 0.6 is 0 Å². The summed E-state index contributed by atoms with van der Waals surface area (Å²) in [6.45, 7) is 6.76. The molecule has 0 saturated carbocycles. The van der Waals surface area contributed by atoms with E-state index in [0.29, 0.717) is 13.1 Å². The molecular weight excluding hydrogens is 342 g/mol. The fourth-order valence-electron chi connectivity index (χ4n) is 3.17. The van der Waals surface area contributed by atoms with Gasteiger partial charge in [-0.1, -0.05) is 19.1 Å². The molecule has 1 fully saturated rings. The van der Waals surface area contributed by atoms with Gasteiger partial charge in [0.15, 0.2) is 0 Å². The molecule has 0 bridgehead atoms. The van der Waals surface area contributed by atoms with Crippen molar-refractivity contribution >= 4 is 17.5 Å². The van der Waals surface area contributed by atoms with E-state index in [4.69, 9.17) is 0 Å². The third-order valence-electron chi connectivity index (χ3n) is 4.97. The summed E-state index contributed by atoms with van der Waals surface area (Å²) in [4.78, 5) is 30.7. The van der Waals surface area contributed by atoms with Crippen LogP contribution in [0.1, 0.15) is 24.9 Å². The molecule has 0 aliphatic carbocycles. The summed E-state index contributed by atoms with van der Waals surface area (Å²) >= 11 is 0. The molecule has 0 spiro atoms. The third kappa shape index (κ3) is 6.22. The molecule has 2 N–H and O–H groups in total. The second-order valence-corrected chi connectivity index (χ2v) is 7.31. The van der Waals surface area contributed by atoms with Crippen molar-refractivity contribution in [2.24, 2.45) is 0 Å². The Kier molecular flexibility index (Phi) is 8.06. The van der Waals surface area contributed by atoms with Gasteiger partial charge in [0, 0.05) is 59.1 Å². The number of hydrogen-bond acceptors (Lipinski definition) is 5. The Labute approximate surface area is 162 Å². The summed E-state index contributed by atoms with van der Waals surface area (Å²) in [5.41, 5.74) is 2.29. The van der Waals surface area contributed by atoms with E-state index in [1.807, 2.05) is 21.0 Å². The third-order valence-corrected chi connectivity index (χ3v) is 4.97. The molecule has 7 heteroatoms. The topological polar surface area (TPSA) is 67.9 Å². The number of likely N-dealkylation sites (N-methyl/N-ethyl adjacent to an activating group) is 1. The minimum atomic E-state index is -0.563. The summed E-state index contributed by atoms with van der Waals surface area (Å²) in [6, 6.07) is 8.46. The van der Waals surface area contributed by atoms with Gasteiger partial charge in [0.2, 0.25) is 0 Å². The van der Waals surface area contributed by atoms with Gasteiger partial charge >= 0.3 is 11.8 Å². The highest BCUT2D eigenvalue weighted by atomic mass is 16.2. The first-order chi connectivity index (χ1) is 12.9. The number of carbonyl (C=O) groups is 2. The second kappa shape index (κ2) is 10.3. The lowest BCUT2D eigenvalue weighted by atomic mass is 10.0. The van der Waals surface area contributed by atoms with Crippen molar-refractivity contribution < 1.29 is 9.59 Å². The fraction of sp³-hybridized carbons (Fsp3) is 0.600. The summed E-state index contributed by atoms with van der Waals surface area (Å²) in [7, 11) is 6.16. The van der Waals surface area contributed by atoms with Gasteiger partial charge in [-0.05, 0) is 31.2 Å². The van der Waals surface area contributed by atoms with Gasteiger partial charge < -0.3 is 20.4 Å². The zero-order valence-electron chi connectivity index (χ0n) is 17.0. The summed E-state index contributed by atoms with van der Waals surface area (Å²) in [5.74, 6) is -1.12. The molecule has 1 aliphatic rings. The average molecular weight is 376 g/mol. The van der Waals surface area contributed by atoms with E-state index in [1.165, 1.54) is 0 Å². The van der Waals surface area contributed by atoms with Crippen molar-refractivity contribution in [1.29, 1.82) is 0 Å². The highest BCUT2D eigenvalue weighted by Crippen LogP contribution is 2.24. The number of nitrogens with zero attached hydrogens (tertiary/aromatic N) is 3. The Morgan fingerprint density at radius 2 is 1.63 bits per heavy atom. The van der Waals surface area contributed by atoms with Gasteiger partial charge in [0.25, 0.3) is 0 Å². The minimum absolute atomic E-state index is 0.0536. The highest BCUT2D eigenvalue weighted by molar-refractivity contribution is 6.35. The van der Waals surface area contributed by atoms with Crippen LogP contribution in [-0.2, 0) is 9.59 Å². The molecule has 0 radical (unpaired) electrons. The number of rotatable bonds is 7.